The summed E-state index contributed by atoms with van der Waals surface area (Å²) in [7, 11) is 0. The zero-order chi connectivity index (χ0) is 9.97. The van der Waals surface area contributed by atoms with Crippen LogP contribution in [0.5, 0.6) is 0 Å². The molecule has 0 spiro atoms. The van der Waals surface area contributed by atoms with E-state index in [0.717, 1.165) is 11.3 Å². The molecule has 0 fully saturated rings. The highest BCUT2D eigenvalue weighted by molar-refractivity contribution is 7.10. The lowest BCUT2D eigenvalue weighted by molar-refractivity contribution is 0.894. The Hall–Kier alpha value is -1.32. The second-order valence-corrected chi connectivity index (χ2v) is 4.14. The maximum Gasteiger partial charge on any atom is 0.0646 e. The van der Waals surface area contributed by atoms with E-state index >= 15 is 0 Å². The molecule has 0 aliphatic rings. The maximum absolute atomic E-state index is 6.08. The number of nitrogen functional groups attached to an aromatic ring is 1. The monoisotopic (exact) mass is 204 g/mol. The molecule has 0 aliphatic heterocycles. The lowest BCUT2D eigenvalue weighted by Gasteiger charge is -2.09. The summed E-state index contributed by atoms with van der Waals surface area (Å²) >= 11 is 1.67. The van der Waals surface area contributed by atoms with Crippen molar-refractivity contribution < 1.29 is 0 Å². The fraction of sp³-hybridized carbons (Fsp3) is 0.0909. The van der Waals surface area contributed by atoms with Gasteiger partial charge in [0.05, 0.1) is 6.04 Å². The number of rotatable bonds is 2. The van der Waals surface area contributed by atoms with Crippen molar-refractivity contribution in [2.24, 2.45) is 5.73 Å². The molecule has 0 saturated heterocycles. The summed E-state index contributed by atoms with van der Waals surface area (Å²) < 4.78 is 0. The smallest absolute Gasteiger partial charge is 0.0646 e. The van der Waals surface area contributed by atoms with Crippen molar-refractivity contribution in [2.75, 3.05) is 5.73 Å². The van der Waals surface area contributed by atoms with Crippen molar-refractivity contribution in [1.82, 2.24) is 0 Å². The van der Waals surface area contributed by atoms with Gasteiger partial charge >= 0.3 is 0 Å². The van der Waals surface area contributed by atoms with E-state index in [-0.39, 0.29) is 6.04 Å². The van der Waals surface area contributed by atoms with E-state index < -0.39 is 0 Å². The second kappa shape index (κ2) is 3.82. The molecule has 1 aromatic carbocycles. The molecular weight excluding hydrogens is 192 g/mol. The molecule has 0 bridgehead atoms. The molecule has 2 aromatic rings. The lowest BCUT2D eigenvalue weighted by atomic mass is 10.1. The van der Waals surface area contributed by atoms with Crippen LogP contribution in [-0.2, 0) is 0 Å². The number of nitrogens with two attached hydrogens (primary N) is 2. The van der Waals surface area contributed by atoms with Gasteiger partial charge in [-0.25, -0.2) is 0 Å². The zero-order valence-electron chi connectivity index (χ0n) is 7.68. The van der Waals surface area contributed by atoms with Gasteiger partial charge < -0.3 is 11.5 Å². The second-order valence-electron chi connectivity index (χ2n) is 3.16. The van der Waals surface area contributed by atoms with Gasteiger partial charge in [0.2, 0.25) is 0 Å². The van der Waals surface area contributed by atoms with Gasteiger partial charge in [0, 0.05) is 10.6 Å². The van der Waals surface area contributed by atoms with E-state index in [1.165, 1.54) is 4.88 Å². The summed E-state index contributed by atoms with van der Waals surface area (Å²) in [6.45, 7) is 0. The standard InChI is InChI=1S/C11H12N2S/c12-9-5-3-8(4-6-9)11(13)10-2-1-7-14-10/h1-7,11H,12-13H2. The minimum Gasteiger partial charge on any atom is -0.399 e. The summed E-state index contributed by atoms with van der Waals surface area (Å²) in [5.41, 5.74) is 13.6. The first-order chi connectivity index (χ1) is 6.77. The molecule has 0 aliphatic carbocycles. The average molecular weight is 204 g/mol. The number of hydrogen-bond donors (Lipinski definition) is 2. The van der Waals surface area contributed by atoms with Crippen molar-refractivity contribution in [1.29, 1.82) is 0 Å². The van der Waals surface area contributed by atoms with Crippen molar-refractivity contribution >= 4 is 17.0 Å². The summed E-state index contributed by atoms with van der Waals surface area (Å²) in [5, 5.41) is 2.03. The highest BCUT2D eigenvalue weighted by atomic mass is 32.1. The molecule has 3 heteroatoms. The molecule has 4 N–H and O–H groups in total. The largest absolute Gasteiger partial charge is 0.399 e. The quantitative estimate of drug-likeness (QED) is 0.738. The minimum atomic E-state index is -0.0319. The first kappa shape index (κ1) is 9.24. The van der Waals surface area contributed by atoms with Crippen LogP contribution in [0.3, 0.4) is 0 Å². The molecule has 1 aromatic heterocycles. The minimum absolute atomic E-state index is 0.0319. The third-order valence-corrected chi connectivity index (χ3v) is 3.10. The van der Waals surface area contributed by atoms with Crippen LogP contribution in [0.4, 0.5) is 5.69 Å². The molecule has 14 heavy (non-hydrogen) atoms. The summed E-state index contributed by atoms with van der Waals surface area (Å²) in [5.74, 6) is 0. The Labute approximate surface area is 87.2 Å². The van der Waals surface area contributed by atoms with E-state index in [4.69, 9.17) is 11.5 Å². The van der Waals surface area contributed by atoms with E-state index in [9.17, 15) is 0 Å². The predicted octanol–water partition coefficient (Wildman–Crippen LogP) is 2.38. The molecule has 1 heterocycles. The van der Waals surface area contributed by atoms with E-state index in [1.807, 2.05) is 41.8 Å². The highest BCUT2D eigenvalue weighted by Gasteiger charge is 2.08. The molecule has 1 unspecified atom stereocenters. The van der Waals surface area contributed by atoms with Crippen LogP contribution in [0.2, 0.25) is 0 Å². The number of thiophene rings is 1. The van der Waals surface area contributed by atoms with Gasteiger partial charge in [-0.3, -0.25) is 0 Å². The Morgan fingerprint density at radius 2 is 1.79 bits per heavy atom. The maximum atomic E-state index is 6.08. The molecule has 0 saturated carbocycles. The molecule has 0 radical (unpaired) electrons. The third-order valence-electron chi connectivity index (χ3n) is 2.15. The van der Waals surface area contributed by atoms with Gasteiger partial charge in [-0.1, -0.05) is 18.2 Å². The Kier molecular flexibility index (Phi) is 2.52. The number of anilines is 1. The van der Waals surface area contributed by atoms with E-state index in [2.05, 4.69) is 0 Å². The molecular formula is C11H12N2S. The SMILES string of the molecule is Nc1ccc(C(N)c2cccs2)cc1. The van der Waals surface area contributed by atoms with Crippen LogP contribution in [0.25, 0.3) is 0 Å². The predicted molar refractivity (Wildman–Crippen MR) is 61.2 cm³/mol. The zero-order valence-corrected chi connectivity index (χ0v) is 8.50. The van der Waals surface area contributed by atoms with E-state index in [0.29, 0.717) is 0 Å². The van der Waals surface area contributed by atoms with Crippen molar-refractivity contribution in [3.63, 3.8) is 0 Å². The average Bonchev–Trinajstić information content (AvgIpc) is 2.71. The van der Waals surface area contributed by atoms with Crippen LogP contribution in [0, 0.1) is 0 Å². The van der Waals surface area contributed by atoms with Crippen molar-refractivity contribution in [2.45, 2.75) is 6.04 Å². The molecule has 1 atom stereocenters. The normalized spacial score (nSPS) is 12.6. The summed E-state index contributed by atoms with van der Waals surface area (Å²) in [6, 6.07) is 11.7. The van der Waals surface area contributed by atoms with Gasteiger partial charge in [0.1, 0.15) is 0 Å². The lowest BCUT2D eigenvalue weighted by Crippen LogP contribution is -2.09. The molecule has 72 valence electrons. The van der Waals surface area contributed by atoms with Crippen LogP contribution in [0.1, 0.15) is 16.5 Å². The number of benzene rings is 1. The van der Waals surface area contributed by atoms with E-state index in [1.54, 1.807) is 11.3 Å². The third kappa shape index (κ3) is 1.78. The van der Waals surface area contributed by atoms with Gasteiger partial charge in [-0.05, 0) is 29.1 Å². The fourth-order valence-electron chi connectivity index (χ4n) is 1.34. The molecule has 2 rings (SSSR count). The van der Waals surface area contributed by atoms with Crippen LogP contribution < -0.4 is 11.5 Å². The Morgan fingerprint density at radius 3 is 2.36 bits per heavy atom. The van der Waals surface area contributed by atoms with Crippen LogP contribution in [0.15, 0.2) is 41.8 Å². The Balaban J connectivity index is 2.28. The first-order valence-corrected chi connectivity index (χ1v) is 5.30. The topological polar surface area (TPSA) is 52.0 Å². The summed E-state index contributed by atoms with van der Waals surface area (Å²) in [6.07, 6.45) is 0. The van der Waals surface area contributed by atoms with Gasteiger partial charge in [0.15, 0.2) is 0 Å². The first-order valence-electron chi connectivity index (χ1n) is 4.42. The van der Waals surface area contributed by atoms with Crippen molar-refractivity contribution in [3.8, 4) is 0 Å². The summed E-state index contributed by atoms with van der Waals surface area (Å²) in [4.78, 5) is 1.18. The molecule has 0 amide bonds. The fourth-order valence-corrected chi connectivity index (χ4v) is 2.09. The molecule has 2 nitrogen and oxygen atoms in total. The Bertz CT molecular complexity index is 392. The van der Waals surface area contributed by atoms with Crippen LogP contribution in [-0.4, -0.2) is 0 Å². The van der Waals surface area contributed by atoms with Gasteiger partial charge in [-0.2, -0.15) is 0 Å². The van der Waals surface area contributed by atoms with Crippen molar-refractivity contribution in [3.05, 3.63) is 52.2 Å². The van der Waals surface area contributed by atoms with Gasteiger partial charge in [0.25, 0.3) is 0 Å². The van der Waals surface area contributed by atoms with Gasteiger partial charge in [-0.15, -0.1) is 11.3 Å². The Morgan fingerprint density at radius 1 is 1.07 bits per heavy atom. The van der Waals surface area contributed by atoms with Crippen LogP contribution >= 0.6 is 11.3 Å². The highest BCUT2D eigenvalue weighted by Crippen LogP contribution is 2.23. The number of hydrogen-bond acceptors (Lipinski definition) is 3.